The number of methoxy groups -OCH3 is 1. The van der Waals surface area contributed by atoms with Gasteiger partial charge in [-0.3, -0.25) is 4.90 Å². The summed E-state index contributed by atoms with van der Waals surface area (Å²) in [5.74, 6) is 2.84. The third-order valence-electron chi connectivity index (χ3n) is 6.31. The average Bonchev–Trinajstić information content (AvgIpc) is 3.48. The normalized spacial score (nSPS) is 17.5. The van der Waals surface area contributed by atoms with Crippen LogP contribution in [0.1, 0.15) is 24.2 Å². The molecule has 1 fully saturated rings. The number of anilines is 1. The van der Waals surface area contributed by atoms with E-state index in [0.717, 1.165) is 62.1 Å². The second-order valence-electron chi connectivity index (χ2n) is 8.01. The lowest BCUT2D eigenvalue weighted by Gasteiger charge is -2.38. The minimum atomic E-state index is 0.307. The van der Waals surface area contributed by atoms with E-state index in [2.05, 4.69) is 57.0 Å². The predicted octanol–water partition coefficient (Wildman–Crippen LogP) is 3.90. The number of H-pyrrole nitrogens is 1. The molecule has 2 aliphatic rings. The zero-order chi connectivity index (χ0) is 20.5. The molecule has 156 valence electrons. The molecule has 1 unspecified atom stereocenters. The van der Waals surface area contributed by atoms with Gasteiger partial charge in [0.05, 0.1) is 25.6 Å². The van der Waals surface area contributed by atoms with Crippen molar-refractivity contribution in [1.82, 2.24) is 14.9 Å². The Labute approximate surface area is 177 Å². The fourth-order valence-corrected chi connectivity index (χ4v) is 4.39. The number of hydrogen-bond acceptors (Lipinski definition) is 5. The molecule has 1 atom stereocenters. The van der Waals surface area contributed by atoms with Gasteiger partial charge in [0.1, 0.15) is 17.3 Å². The van der Waals surface area contributed by atoms with Crippen molar-refractivity contribution in [3.05, 3.63) is 59.9 Å². The number of aromatic nitrogens is 2. The third-order valence-corrected chi connectivity index (χ3v) is 6.31. The molecule has 3 heterocycles. The summed E-state index contributed by atoms with van der Waals surface area (Å²) in [6.45, 7) is 7.12. The van der Waals surface area contributed by atoms with Crippen LogP contribution < -0.4 is 14.4 Å². The summed E-state index contributed by atoms with van der Waals surface area (Å²) in [6.07, 6.45) is 2.96. The molecule has 0 saturated carbocycles. The second-order valence-corrected chi connectivity index (χ2v) is 8.01. The number of piperazine rings is 1. The van der Waals surface area contributed by atoms with Crippen LogP contribution in [-0.4, -0.2) is 54.8 Å². The Morgan fingerprint density at radius 1 is 1.07 bits per heavy atom. The Hall–Kier alpha value is -2.99. The van der Waals surface area contributed by atoms with Crippen LogP contribution >= 0.6 is 0 Å². The van der Waals surface area contributed by atoms with Gasteiger partial charge < -0.3 is 19.4 Å². The van der Waals surface area contributed by atoms with E-state index in [-0.39, 0.29) is 0 Å². The Balaban J connectivity index is 1.23. The average molecular weight is 405 g/mol. The number of imidazole rings is 1. The highest BCUT2D eigenvalue weighted by Crippen LogP contribution is 2.30. The van der Waals surface area contributed by atoms with Gasteiger partial charge in [0, 0.05) is 49.9 Å². The van der Waals surface area contributed by atoms with Gasteiger partial charge in [-0.25, -0.2) is 4.98 Å². The van der Waals surface area contributed by atoms with E-state index in [1.165, 1.54) is 16.9 Å². The van der Waals surface area contributed by atoms with Gasteiger partial charge in [-0.05, 0) is 55.0 Å². The quantitative estimate of drug-likeness (QED) is 0.699. The number of aromatic amines is 1. The Bertz CT molecular complexity index is 1010. The van der Waals surface area contributed by atoms with E-state index in [0.29, 0.717) is 6.04 Å². The maximum Gasteiger partial charge on any atom is 0.137 e. The van der Waals surface area contributed by atoms with E-state index in [1.807, 2.05) is 18.3 Å². The van der Waals surface area contributed by atoms with E-state index < -0.39 is 0 Å². The molecule has 1 saturated heterocycles. The highest BCUT2D eigenvalue weighted by Gasteiger charge is 2.24. The van der Waals surface area contributed by atoms with Crippen LogP contribution in [0.3, 0.4) is 0 Å². The number of benzene rings is 2. The van der Waals surface area contributed by atoms with Crippen LogP contribution in [0.5, 0.6) is 11.5 Å². The lowest BCUT2D eigenvalue weighted by atomic mass is 10.1. The van der Waals surface area contributed by atoms with Gasteiger partial charge >= 0.3 is 0 Å². The van der Waals surface area contributed by atoms with E-state index in [9.17, 15) is 0 Å². The zero-order valence-electron chi connectivity index (χ0n) is 17.6. The summed E-state index contributed by atoms with van der Waals surface area (Å²) < 4.78 is 10.9. The molecule has 30 heavy (non-hydrogen) atoms. The summed E-state index contributed by atoms with van der Waals surface area (Å²) in [6, 6.07) is 15.0. The molecule has 6 heteroatoms. The first kappa shape index (κ1) is 19.0. The number of nitrogens with zero attached hydrogens (tertiary/aromatic N) is 3. The maximum atomic E-state index is 5.62. The lowest BCUT2D eigenvalue weighted by Crippen LogP contribution is -2.47. The molecule has 0 bridgehead atoms. The van der Waals surface area contributed by atoms with Crippen molar-refractivity contribution in [2.24, 2.45) is 0 Å². The summed E-state index contributed by atoms with van der Waals surface area (Å²) in [5.41, 5.74) is 4.82. The smallest absolute Gasteiger partial charge is 0.137 e. The van der Waals surface area contributed by atoms with Gasteiger partial charge in [-0.1, -0.05) is 0 Å². The predicted molar refractivity (Wildman–Crippen MR) is 118 cm³/mol. The molecule has 2 aromatic carbocycles. The van der Waals surface area contributed by atoms with Crippen molar-refractivity contribution in [3.8, 4) is 22.9 Å². The first-order chi connectivity index (χ1) is 14.7. The molecular formula is C24H28N4O2. The fourth-order valence-electron chi connectivity index (χ4n) is 4.39. The van der Waals surface area contributed by atoms with Crippen LogP contribution in [0.15, 0.2) is 48.7 Å². The largest absolute Gasteiger partial charge is 0.497 e. The van der Waals surface area contributed by atoms with Crippen molar-refractivity contribution >= 4 is 5.69 Å². The number of fused-ring (bicyclic) bond motifs is 1. The summed E-state index contributed by atoms with van der Waals surface area (Å²) in [7, 11) is 1.70. The fraction of sp³-hybridized carbons (Fsp3) is 0.375. The number of hydrogen-bond donors (Lipinski definition) is 1. The third kappa shape index (κ3) is 3.63. The van der Waals surface area contributed by atoms with Crippen LogP contribution in [0.4, 0.5) is 5.69 Å². The summed E-state index contributed by atoms with van der Waals surface area (Å²) in [4.78, 5) is 13.2. The maximum absolute atomic E-state index is 5.62. The molecule has 0 radical (unpaired) electrons. The summed E-state index contributed by atoms with van der Waals surface area (Å²) >= 11 is 0. The molecule has 0 spiro atoms. The lowest BCUT2D eigenvalue weighted by molar-refractivity contribution is 0.195. The van der Waals surface area contributed by atoms with Gasteiger partial charge in [0.2, 0.25) is 0 Å². The van der Waals surface area contributed by atoms with Crippen molar-refractivity contribution < 1.29 is 9.47 Å². The standard InChI is InChI=1S/C24H28N4O2/c1-17(27-10-12-28(13-11-27)20-4-6-21(29-2)7-5-20)22-16-25-24(26-22)19-3-8-23-18(15-19)9-14-30-23/h3-8,15-17H,9-14H2,1-2H3,(H,25,26). The number of rotatable bonds is 5. The topological polar surface area (TPSA) is 53.6 Å². The van der Waals surface area contributed by atoms with Gasteiger partial charge in [-0.2, -0.15) is 0 Å². The van der Waals surface area contributed by atoms with Crippen LogP contribution in [-0.2, 0) is 6.42 Å². The number of ether oxygens (including phenoxy) is 2. The van der Waals surface area contributed by atoms with E-state index >= 15 is 0 Å². The second kappa shape index (κ2) is 8.03. The molecule has 5 rings (SSSR count). The molecule has 1 N–H and O–H groups in total. The monoisotopic (exact) mass is 404 g/mol. The van der Waals surface area contributed by atoms with Crippen molar-refractivity contribution in [1.29, 1.82) is 0 Å². The van der Waals surface area contributed by atoms with Gasteiger partial charge in [0.25, 0.3) is 0 Å². The summed E-state index contributed by atoms with van der Waals surface area (Å²) in [5, 5.41) is 0. The van der Waals surface area contributed by atoms with Gasteiger partial charge in [0.15, 0.2) is 0 Å². The highest BCUT2D eigenvalue weighted by atomic mass is 16.5. The highest BCUT2D eigenvalue weighted by molar-refractivity contribution is 5.60. The molecule has 6 nitrogen and oxygen atoms in total. The van der Waals surface area contributed by atoms with E-state index in [4.69, 9.17) is 9.47 Å². The first-order valence-corrected chi connectivity index (χ1v) is 10.7. The zero-order valence-corrected chi connectivity index (χ0v) is 17.6. The Morgan fingerprint density at radius 3 is 2.63 bits per heavy atom. The Kier molecular flexibility index (Phi) is 5.09. The van der Waals surface area contributed by atoms with Crippen molar-refractivity contribution in [2.75, 3.05) is 44.8 Å². The molecular weight excluding hydrogens is 376 g/mol. The van der Waals surface area contributed by atoms with Crippen molar-refractivity contribution in [3.63, 3.8) is 0 Å². The molecule has 0 aliphatic carbocycles. The molecule has 0 amide bonds. The minimum Gasteiger partial charge on any atom is -0.497 e. The van der Waals surface area contributed by atoms with Crippen LogP contribution in [0.2, 0.25) is 0 Å². The SMILES string of the molecule is COc1ccc(N2CCN(C(C)c3cnc(-c4ccc5c(c4)CCO5)[nH]3)CC2)cc1. The van der Waals surface area contributed by atoms with Crippen molar-refractivity contribution in [2.45, 2.75) is 19.4 Å². The molecule has 3 aromatic rings. The molecule has 2 aliphatic heterocycles. The number of nitrogens with one attached hydrogen (secondary N) is 1. The van der Waals surface area contributed by atoms with Crippen LogP contribution in [0, 0.1) is 0 Å². The first-order valence-electron chi connectivity index (χ1n) is 10.7. The molecule has 1 aromatic heterocycles. The Morgan fingerprint density at radius 2 is 1.87 bits per heavy atom. The van der Waals surface area contributed by atoms with E-state index in [1.54, 1.807) is 7.11 Å². The van der Waals surface area contributed by atoms with Crippen LogP contribution in [0.25, 0.3) is 11.4 Å². The van der Waals surface area contributed by atoms with Gasteiger partial charge in [-0.15, -0.1) is 0 Å². The minimum absolute atomic E-state index is 0.307.